The van der Waals surface area contributed by atoms with E-state index in [1.807, 2.05) is 36.4 Å². The lowest BCUT2D eigenvalue weighted by Crippen LogP contribution is -2.14. The summed E-state index contributed by atoms with van der Waals surface area (Å²) >= 11 is 1.80. The van der Waals surface area contributed by atoms with E-state index in [1.165, 1.54) is 16.0 Å². The molecular formula is C27H29N3OS. The van der Waals surface area contributed by atoms with Crippen LogP contribution in [-0.2, 0) is 17.8 Å². The molecule has 1 N–H and O–H groups in total. The summed E-state index contributed by atoms with van der Waals surface area (Å²) in [6.45, 7) is 7.35. The molecule has 0 radical (unpaired) electrons. The Hall–Kier alpha value is -3.05. The van der Waals surface area contributed by atoms with Crippen LogP contribution in [0, 0.1) is 6.92 Å². The summed E-state index contributed by atoms with van der Waals surface area (Å²) in [6.07, 6.45) is 1.41. The van der Waals surface area contributed by atoms with Gasteiger partial charge in [-0.2, -0.15) is 0 Å². The molecule has 4 nitrogen and oxygen atoms in total. The van der Waals surface area contributed by atoms with E-state index in [1.54, 1.807) is 11.8 Å². The van der Waals surface area contributed by atoms with Gasteiger partial charge in [0, 0.05) is 22.7 Å². The fourth-order valence-corrected chi connectivity index (χ4v) is 4.53. The van der Waals surface area contributed by atoms with Gasteiger partial charge in [-0.15, -0.1) is 11.8 Å². The van der Waals surface area contributed by atoms with Crippen LogP contribution in [0.4, 0.5) is 5.69 Å². The summed E-state index contributed by atoms with van der Waals surface area (Å²) in [7, 11) is 0. The lowest BCUT2D eigenvalue weighted by atomic mass is 10.1. The van der Waals surface area contributed by atoms with Crippen LogP contribution in [0.25, 0.3) is 22.4 Å². The summed E-state index contributed by atoms with van der Waals surface area (Å²) in [5.41, 5.74) is 6.28. The molecule has 32 heavy (non-hydrogen) atoms. The largest absolute Gasteiger partial charge is 0.326 e. The molecule has 0 fully saturated rings. The molecule has 0 aliphatic rings. The topological polar surface area (TPSA) is 46.9 Å². The number of fused-ring (bicyclic) bond motifs is 1. The van der Waals surface area contributed by atoms with Gasteiger partial charge in [-0.1, -0.05) is 32.0 Å². The van der Waals surface area contributed by atoms with E-state index in [0.717, 1.165) is 46.9 Å². The van der Waals surface area contributed by atoms with Crippen LogP contribution in [0.5, 0.6) is 0 Å². The molecule has 0 spiro atoms. The number of nitrogens with zero attached hydrogens (tertiary/aromatic N) is 2. The van der Waals surface area contributed by atoms with E-state index in [-0.39, 0.29) is 5.91 Å². The van der Waals surface area contributed by atoms with Gasteiger partial charge in [-0.25, -0.2) is 4.98 Å². The van der Waals surface area contributed by atoms with Crippen molar-refractivity contribution in [2.75, 3.05) is 11.1 Å². The van der Waals surface area contributed by atoms with Crippen LogP contribution < -0.4 is 5.32 Å². The number of thioether (sulfide) groups is 1. The third kappa shape index (κ3) is 5.05. The number of aryl methyl sites for hydroxylation is 2. The third-order valence-corrected chi connectivity index (χ3v) is 6.27. The zero-order valence-electron chi connectivity index (χ0n) is 18.9. The van der Waals surface area contributed by atoms with E-state index in [4.69, 9.17) is 4.98 Å². The van der Waals surface area contributed by atoms with Crippen molar-refractivity contribution >= 4 is 34.4 Å². The van der Waals surface area contributed by atoms with Crippen LogP contribution in [0.15, 0.2) is 71.6 Å². The van der Waals surface area contributed by atoms with Crippen molar-refractivity contribution < 1.29 is 4.79 Å². The predicted molar refractivity (Wildman–Crippen MR) is 135 cm³/mol. The van der Waals surface area contributed by atoms with Gasteiger partial charge in [-0.05, 0) is 78.8 Å². The number of amides is 1. The minimum atomic E-state index is -0.0117. The lowest BCUT2D eigenvalue weighted by molar-refractivity contribution is -0.115. The smallest absolute Gasteiger partial charge is 0.228 e. The number of hydrogen-bond donors (Lipinski definition) is 1. The second kappa shape index (κ2) is 10.0. The highest BCUT2D eigenvalue weighted by atomic mass is 32.2. The molecule has 0 saturated carbocycles. The number of carbonyl (C=O) groups is 1. The van der Waals surface area contributed by atoms with E-state index in [0.29, 0.717) is 6.42 Å². The zero-order valence-corrected chi connectivity index (χ0v) is 19.7. The summed E-state index contributed by atoms with van der Waals surface area (Å²) in [4.78, 5) is 18.6. The number of carbonyl (C=O) groups excluding carboxylic acids is 1. The summed E-state index contributed by atoms with van der Waals surface area (Å²) in [5, 5.41) is 3.01. The third-order valence-electron chi connectivity index (χ3n) is 5.38. The Morgan fingerprint density at radius 3 is 2.44 bits per heavy atom. The molecule has 1 heterocycles. The first-order valence-electron chi connectivity index (χ1n) is 11.2. The van der Waals surface area contributed by atoms with Crippen molar-refractivity contribution in [1.82, 2.24) is 9.55 Å². The van der Waals surface area contributed by atoms with Crippen molar-refractivity contribution in [3.8, 4) is 11.4 Å². The monoisotopic (exact) mass is 443 g/mol. The fourth-order valence-electron chi connectivity index (χ4n) is 3.87. The number of hydrogen-bond acceptors (Lipinski definition) is 3. The van der Waals surface area contributed by atoms with Gasteiger partial charge in [0.2, 0.25) is 5.91 Å². The second-order valence-corrected chi connectivity index (χ2v) is 9.30. The Morgan fingerprint density at radius 1 is 1.00 bits per heavy atom. The second-order valence-electron chi connectivity index (χ2n) is 7.96. The number of imidazole rings is 1. The molecule has 1 amide bonds. The Kier molecular flexibility index (Phi) is 6.96. The molecule has 4 rings (SSSR count). The van der Waals surface area contributed by atoms with E-state index in [9.17, 15) is 4.79 Å². The highest BCUT2D eigenvalue weighted by molar-refractivity contribution is 7.99. The normalized spacial score (nSPS) is 11.1. The van der Waals surface area contributed by atoms with Gasteiger partial charge >= 0.3 is 0 Å². The molecule has 4 aromatic rings. The summed E-state index contributed by atoms with van der Waals surface area (Å²) in [5.74, 6) is 2.00. The van der Waals surface area contributed by atoms with Crippen LogP contribution in [0.2, 0.25) is 0 Å². The van der Waals surface area contributed by atoms with Crippen molar-refractivity contribution in [3.05, 3.63) is 77.9 Å². The van der Waals surface area contributed by atoms with E-state index < -0.39 is 0 Å². The number of rotatable bonds is 8. The number of anilines is 1. The number of aromatic nitrogens is 2. The fraction of sp³-hybridized carbons (Fsp3) is 0.259. The van der Waals surface area contributed by atoms with Crippen LogP contribution in [0.3, 0.4) is 0 Å². The Bertz CT molecular complexity index is 1210. The molecule has 164 valence electrons. The van der Waals surface area contributed by atoms with Crippen LogP contribution >= 0.6 is 11.8 Å². The molecule has 0 bridgehead atoms. The van der Waals surface area contributed by atoms with Gasteiger partial charge in [0.05, 0.1) is 17.5 Å². The quantitative estimate of drug-likeness (QED) is 0.308. The van der Waals surface area contributed by atoms with Crippen molar-refractivity contribution in [1.29, 1.82) is 0 Å². The first kappa shape index (κ1) is 22.2. The molecular weight excluding hydrogens is 414 g/mol. The average molecular weight is 444 g/mol. The Balaban J connectivity index is 1.48. The predicted octanol–water partition coefficient (Wildman–Crippen LogP) is 6.71. The van der Waals surface area contributed by atoms with Gasteiger partial charge in [0.15, 0.2) is 0 Å². The molecule has 0 saturated heterocycles. The Labute approximate surface area is 194 Å². The van der Waals surface area contributed by atoms with Crippen LogP contribution in [0.1, 0.15) is 31.4 Å². The van der Waals surface area contributed by atoms with Gasteiger partial charge < -0.3 is 9.88 Å². The maximum atomic E-state index is 12.5. The summed E-state index contributed by atoms with van der Waals surface area (Å²) < 4.78 is 2.29. The van der Waals surface area contributed by atoms with Gasteiger partial charge in [0.25, 0.3) is 0 Å². The van der Waals surface area contributed by atoms with E-state index in [2.05, 4.69) is 61.0 Å². The van der Waals surface area contributed by atoms with Gasteiger partial charge in [-0.3, -0.25) is 4.79 Å². The maximum absolute atomic E-state index is 12.5. The lowest BCUT2D eigenvalue weighted by Gasteiger charge is -2.10. The standard InChI is InChI=1S/C27H29N3OS/c1-4-16-30-25-17-19(3)6-15-24(25)29-27(30)21-9-11-22(12-10-21)28-26(31)18-20-7-13-23(14-8-20)32-5-2/h6-15,17H,4-5,16,18H2,1-3H3,(H,28,31). The maximum Gasteiger partial charge on any atom is 0.228 e. The minimum absolute atomic E-state index is 0.0117. The molecule has 1 aromatic heterocycles. The molecule has 0 unspecified atom stereocenters. The zero-order chi connectivity index (χ0) is 22.5. The summed E-state index contributed by atoms with van der Waals surface area (Å²) in [6, 6.07) is 22.6. The highest BCUT2D eigenvalue weighted by Gasteiger charge is 2.13. The van der Waals surface area contributed by atoms with Crippen molar-refractivity contribution in [3.63, 3.8) is 0 Å². The molecule has 0 aliphatic carbocycles. The van der Waals surface area contributed by atoms with Crippen LogP contribution in [-0.4, -0.2) is 21.2 Å². The first-order chi connectivity index (χ1) is 15.6. The SMILES string of the molecule is CCCn1c(-c2ccc(NC(=O)Cc3ccc(SCC)cc3)cc2)nc2ccc(C)cc21. The average Bonchev–Trinajstić information content (AvgIpc) is 3.14. The molecule has 5 heteroatoms. The highest BCUT2D eigenvalue weighted by Crippen LogP contribution is 2.27. The van der Waals surface area contributed by atoms with Gasteiger partial charge in [0.1, 0.15) is 5.82 Å². The number of benzene rings is 3. The molecule has 0 atom stereocenters. The number of nitrogens with one attached hydrogen (secondary N) is 1. The Morgan fingerprint density at radius 2 is 1.75 bits per heavy atom. The molecule has 0 aliphatic heterocycles. The van der Waals surface area contributed by atoms with Crippen molar-refractivity contribution in [2.24, 2.45) is 0 Å². The first-order valence-corrected chi connectivity index (χ1v) is 12.1. The molecule has 3 aromatic carbocycles. The van der Waals surface area contributed by atoms with E-state index >= 15 is 0 Å². The van der Waals surface area contributed by atoms with Crippen molar-refractivity contribution in [2.45, 2.75) is 45.1 Å². The minimum Gasteiger partial charge on any atom is -0.326 e.